The number of halogens is 1. The van der Waals surface area contributed by atoms with Crippen molar-refractivity contribution in [2.75, 3.05) is 11.1 Å². The maximum absolute atomic E-state index is 12.5. The molecule has 2 aromatic heterocycles. The van der Waals surface area contributed by atoms with Gasteiger partial charge in [-0.25, -0.2) is 4.98 Å². The Kier molecular flexibility index (Phi) is 7.35. The SMILES string of the molecule is Cc1cc(Cl)ccc1OCc1nc(SCC(=O)Nc2sc3c(c2C#N)CCCCC3)n[nH]1. The number of amides is 1. The Balaban J connectivity index is 1.30. The summed E-state index contributed by atoms with van der Waals surface area (Å²) >= 11 is 8.73. The molecule has 32 heavy (non-hydrogen) atoms. The second kappa shape index (κ2) is 10.4. The van der Waals surface area contributed by atoms with Crippen LogP contribution in [0.3, 0.4) is 0 Å². The number of thioether (sulfide) groups is 1. The number of nitrogens with one attached hydrogen (secondary N) is 2. The molecule has 0 unspecified atom stereocenters. The molecule has 10 heteroatoms. The van der Waals surface area contributed by atoms with E-state index in [1.54, 1.807) is 6.07 Å². The largest absolute Gasteiger partial charge is 0.485 e. The number of ether oxygens (including phenoxy) is 1. The molecule has 1 aliphatic carbocycles. The quantitative estimate of drug-likeness (QED) is 0.347. The number of nitrogens with zero attached hydrogens (tertiary/aromatic N) is 3. The molecular formula is C22H22ClN5O2S2. The maximum atomic E-state index is 12.5. The van der Waals surface area contributed by atoms with Crippen molar-refractivity contribution in [3.05, 3.63) is 50.6 Å². The Bertz CT molecular complexity index is 1170. The van der Waals surface area contributed by atoms with Crippen molar-refractivity contribution in [1.82, 2.24) is 15.2 Å². The Labute approximate surface area is 199 Å². The highest BCUT2D eigenvalue weighted by Gasteiger charge is 2.21. The molecule has 3 aromatic rings. The average molecular weight is 488 g/mol. The van der Waals surface area contributed by atoms with Crippen LogP contribution in [0.5, 0.6) is 5.75 Å². The summed E-state index contributed by atoms with van der Waals surface area (Å²) in [6.45, 7) is 2.15. The van der Waals surface area contributed by atoms with Crippen molar-refractivity contribution in [3.63, 3.8) is 0 Å². The highest BCUT2D eigenvalue weighted by Crippen LogP contribution is 2.37. The van der Waals surface area contributed by atoms with Gasteiger partial charge in [-0.3, -0.25) is 9.89 Å². The number of aromatic amines is 1. The van der Waals surface area contributed by atoms with Gasteiger partial charge in [0, 0.05) is 9.90 Å². The smallest absolute Gasteiger partial charge is 0.235 e. The third kappa shape index (κ3) is 5.44. The fourth-order valence-corrected chi connectivity index (χ4v) is 5.67. The van der Waals surface area contributed by atoms with E-state index in [0.29, 0.717) is 26.6 Å². The van der Waals surface area contributed by atoms with Crippen molar-refractivity contribution >= 4 is 45.6 Å². The number of carbonyl (C=O) groups excluding carboxylic acids is 1. The van der Waals surface area contributed by atoms with Gasteiger partial charge in [0.1, 0.15) is 23.4 Å². The first-order valence-electron chi connectivity index (χ1n) is 10.3. The van der Waals surface area contributed by atoms with E-state index in [1.165, 1.54) is 34.4 Å². The molecule has 0 fully saturated rings. The second-order valence-corrected chi connectivity index (χ2v) is 9.96. The minimum atomic E-state index is -0.178. The number of fused-ring (bicyclic) bond motifs is 1. The van der Waals surface area contributed by atoms with E-state index in [0.717, 1.165) is 42.6 Å². The third-order valence-electron chi connectivity index (χ3n) is 5.13. The molecule has 0 atom stereocenters. The average Bonchev–Trinajstić information content (AvgIpc) is 3.28. The van der Waals surface area contributed by atoms with E-state index in [2.05, 4.69) is 26.6 Å². The zero-order valence-corrected chi connectivity index (χ0v) is 19.9. The van der Waals surface area contributed by atoms with E-state index >= 15 is 0 Å². The normalized spacial score (nSPS) is 13.2. The molecule has 0 bridgehead atoms. The lowest BCUT2D eigenvalue weighted by Gasteiger charge is -2.07. The van der Waals surface area contributed by atoms with E-state index < -0.39 is 0 Å². The van der Waals surface area contributed by atoms with E-state index in [9.17, 15) is 10.1 Å². The predicted octanol–water partition coefficient (Wildman–Crippen LogP) is 5.28. The Morgan fingerprint density at radius 2 is 2.22 bits per heavy atom. The molecule has 4 rings (SSSR count). The van der Waals surface area contributed by atoms with Gasteiger partial charge in [-0.05, 0) is 61.9 Å². The summed E-state index contributed by atoms with van der Waals surface area (Å²) in [5, 5.41) is 21.3. The summed E-state index contributed by atoms with van der Waals surface area (Å²) in [5.41, 5.74) is 2.68. The van der Waals surface area contributed by atoms with Crippen molar-refractivity contribution in [3.8, 4) is 11.8 Å². The van der Waals surface area contributed by atoms with Gasteiger partial charge in [-0.1, -0.05) is 29.8 Å². The highest BCUT2D eigenvalue weighted by molar-refractivity contribution is 7.99. The topological polar surface area (TPSA) is 104 Å². The molecule has 1 aliphatic rings. The first kappa shape index (κ1) is 22.6. The van der Waals surface area contributed by atoms with Gasteiger partial charge in [-0.15, -0.1) is 16.4 Å². The van der Waals surface area contributed by atoms with Gasteiger partial charge in [-0.2, -0.15) is 5.26 Å². The molecule has 1 amide bonds. The summed E-state index contributed by atoms with van der Waals surface area (Å²) in [7, 11) is 0. The fourth-order valence-electron chi connectivity index (χ4n) is 3.57. The first-order chi connectivity index (χ1) is 15.5. The van der Waals surface area contributed by atoms with Crippen LogP contribution in [-0.2, 0) is 24.2 Å². The monoisotopic (exact) mass is 487 g/mol. The minimum absolute atomic E-state index is 0.155. The zero-order valence-electron chi connectivity index (χ0n) is 17.5. The Hall–Kier alpha value is -2.54. The van der Waals surface area contributed by atoms with Gasteiger partial charge < -0.3 is 10.1 Å². The standard InChI is InChI=1S/C22H22ClN5O2S2/c1-13-9-14(23)7-8-17(13)30-11-19-25-22(28-27-19)31-12-20(29)26-21-16(10-24)15-5-3-2-4-6-18(15)32-21/h7-9H,2-6,11-12H2,1H3,(H,26,29)(H,25,27,28). The molecule has 0 saturated carbocycles. The van der Waals surface area contributed by atoms with Crippen molar-refractivity contribution in [2.45, 2.75) is 50.8 Å². The molecule has 0 saturated heterocycles. The van der Waals surface area contributed by atoms with E-state index in [-0.39, 0.29) is 18.3 Å². The molecule has 2 N–H and O–H groups in total. The van der Waals surface area contributed by atoms with Crippen molar-refractivity contribution < 1.29 is 9.53 Å². The number of aryl methyl sites for hydroxylation is 2. The summed E-state index contributed by atoms with van der Waals surface area (Å²) in [6.07, 6.45) is 5.31. The zero-order chi connectivity index (χ0) is 22.5. The van der Waals surface area contributed by atoms with Gasteiger partial charge in [0.25, 0.3) is 0 Å². The molecule has 2 heterocycles. The number of carbonyl (C=O) groups is 1. The van der Waals surface area contributed by atoms with Crippen LogP contribution in [0.1, 0.15) is 46.7 Å². The molecule has 0 aliphatic heterocycles. The van der Waals surface area contributed by atoms with Crippen LogP contribution in [-0.4, -0.2) is 26.8 Å². The maximum Gasteiger partial charge on any atom is 0.235 e. The number of hydrogen-bond acceptors (Lipinski definition) is 7. The lowest BCUT2D eigenvalue weighted by Crippen LogP contribution is -2.14. The van der Waals surface area contributed by atoms with Crippen molar-refractivity contribution in [1.29, 1.82) is 5.26 Å². The summed E-state index contributed by atoms with van der Waals surface area (Å²) in [6, 6.07) is 7.70. The third-order valence-corrected chi connectivity index (χ3v) is 7.42. The molecule has 0 spiro atoms. The Morgan fingerprint density at radius 1 is 1.38 bits per heavy atom. The van der Waals surface area contributed by atoms with Gasteiger partial charge >= 0.3 is 0 Å². The van der Waals surface area contributed by atoms with Crippen LogP contribution in [0.25, 0.3) is 0 Å². The Morgan fingerprint density at radius 3 is 3.03 bits per heavy atom. The lowest BCUT2D eigenvalue weighted by atomic mass is 10.1. The number of H-pyrrole nitrogens is 1. The van der Waals surface area contributed by atoms with Crippen LogP contribution in [0, 0.1) is 18.3 Å². The first-order valence-corrected chi connectivity index (χ1v) is 12.5. The second-order valence-electron chi connectivity index (χ2n) is 7.48. The summed E-state index contributed by atoms with van der Waals surface area (Å²) in [5.74, 6) is 1.27. The molecule has 7 nitrogen and oxygen atoms in total. The van der Waals surface area contributed by atoms with Gasteiger partial charge in [0.05, 0.1) is 11.3 Å². The summed E-state index contributed by atoms with van der Waals surface area (Å²) in [4.78, 5) is 18.1. The van der Waals surface area contributed by atoms with Crippen molar-refractivity contribution in [2.24, 2.45) is 0 Å². The number of benzene rings is 1. The van der Waals surface area contributed by atoms with E-state index in [1.807, 2.05) is 19.1 Å². The van der Waals surface area contributed by atoms with Crippen LogP contribution in [0.15, 0.2) is 23.4 Å². The number of anilines is 1. The number of rotatable bonds is 7. The van der Waals surface area contributed by atoms with Gasteiger partial charge in [0.2, 0.25) is 11.1 Å². The van der Waals surface area contributed by atoms with E-state index in [4.69, 9.17) is 16.3 Å². The highest BCUT2D eigenvalue weighted by atomic mass is 35.5. The number of thiophene rings is 1. The number of nitriles is 1. The summed E-state index contributed by atoms with van der Waals surface area (Å²) < 4.78 is 5.76. The lowest BCUT2D eigenvalue weighted by molar-refractivity contribution is -0.113. The molecule has 0 radical (unpaired) electrons. The van der Waals surface area contributed by atoms with Crippen LogP contribution >= 0.6 is 34.7 Å². The van der Waals surface area contributed by atoms with Crippen LogP contribution < -0.4 is 10.1 Å². The number of aromatic nitrogens is 3. The fraction of sp³-hybridized carbons (Fsp3) is 0.364. The minimum Gasteiger partial charge on any atom is -0.485 e. The molecule has 166 valence electrons. The molecular weight excluding hydrogens is 466 g/mol. The van der Waals surface area contributed by atoms with Gasteiger partial charge in [0.15, 0.2) is 5.82 Å². The van der Waals surface area contributed by atoms with Crippen LogP contribution in [0.4, 0.5) is 5.00 Å². The predicted molar refractivity (Wildman–Crippen MR) is 127 cm³/mol. The van der Waals surface area contributed by atoms with Crippen LogP contribution in [0.2, 0.25) is 5.02 Å². The molecule has 1 aromatic carbocycles. The number of hydrogen-bond donors (Lipinski definition) is 2.